The van der Waals surface area contributed by atoms with Crippen LogP contribution < -0.4 is 9.32 Å². The van der Waals surface area contributed by atoms with Crippen LogP contribution in [0.15, 0.2) is 12.1 Å². The van der Waals surface area contributed by atoms with Crippen LogP contribution in [0.3, 0.4) is 0 Å². The van der Waals surface area contributed by atoms with Gasteiger partial charge in [-0.15, -0.1) is 0 Å². The van der Waals surface area contributed by atoms with Gasteiger partial charge in [-0.3, -0.25) is 0 Å². The van der Waals surface area contributed by atoms with Gasteiger partial charge in [0, 0.05) is 16.1 Å². The summed E-state index contributed by atoms with van der Waals surface area (Å²) in [5.41, 5.74) is 1.47. The van der Waals surface area contributed by atoms with Crippen molar-refractivity contribution in [1.82, 2.24) is 0 Å². The Kier molecular flexibility index (Phi) is 4.64. The maximum Gasteiger partial charge on any atom is 0.380 e. The van der Waals surface area contributed by atoms with Crippen molar-refractivity contribution in [3.05, 3.63) is 28.3 Å². The van der Waals surface area contributed by atoms with E-state index in [1.165, 1.54) is 0 Å². The van der Waals surface area contributed by atoms with Crippen molar-refractivity contribution >= 4 is 21.9 Å². The lowest BCUT2D eigenvalue weighted by Crippen LogP contribution is -2.21. The molecular formula is C12H18ClNO3S. The quantitative estimate of drug-likeness (QED) is 0.926. The van der Waals surface area contributed by atoms with Gasteiger partial charge in [-0.1, -0.05) is 39.3 Å². The molecule has 0 amide bonds. The number of nitrogens with two attached hydrogens (primary N) is 1. The molecule has 1 aromatic rings. The fourth-order valence-electron chi connectivity index (χ4n) is 1.71. The first-order valence-corrected chi connectivity index (χ1v) is 7.52. The Morgan fingerprint density at radius 2 is 1.50 bits per heavy atom. The Bertz CT molecular complexity index is 509. The van der Waals surface area contributed by atoms with E-state index < -0.39 is 10.3 Å². The minimum atomic E-state index is -4.05. The monoisotopic (exact) mass is 291 g/mol. The van der Waals surface area contributed by atoms with E-state index in [-0.39, 0.29) is 11.8 Å². The number of halogens is 1. The highest BCUT2D eigenvalue weighted by Gasteiger charge is 2.20. The Labute approximate surface area is 113 Å². The van der Waals surface area contributed by atoms with Crippen LogP contribution in [-0.2, 0) is 10.3 Å². The van der Waals surface area contributed by atoms with Crippen LogP contribution in [0.1, 0.15) is 50.7 Å². The van der Waals surface area contributed by atoms with E-state index in [1.807, 2.05) is 27.7 Å². The van der Waals surface area contributed by atoms with E-state index in [4.69, 9.17) is 20.9 Å². The highest BCUT2D eigenvalue weighted by Crippen LogP contribution is 2.37. The molecule has 0 atom stereocenters. The summed E-state index contributed by atoms with van der Waals surface area (Å²) in [6.07, 6.45) is 0. The first-order chi connectivity index (χ1) is 8.11. The highest BCUT2D eigenvalue weighted by atomic mass is 35.5. The Morgan fingerprint density at radius 1 is 1.11 bits per heavy atom. The third-order valence-corrected chi connectivity index (χ3v) is 3.17. The first kappa shape index (κ1) is 15.3. The summed E-state index contributed by atoms with van der Waals surface area (Å²) in [5.74, 6) is 0.461. The van der Waals surface area contributed by atoms with E-state index >= 15 is 0 Å². The normalized spacial score (nSPS) is 12.2. The van der Waals surface area contributed by atoms with Crippen LogP contribution >= 0.6 is 11.6 Å². The summed E-state index contributed by atoms with van der Waals surface area (Å²) in [6, 6.07) is 3.41. The van der Waals surface area contributed by atoms with Crippen LogP contribution in [0.4, 0.5) is 0 Å². The highest BCUT2D eigenvalue weighted by molar-refractivity contribution is 7.84. The van der Waals surface area contributed by atoms with E-state index in [9.17, 15) is 8.42 Å². The summed E-state index contributed by atoms with van der Waals surface area (Å²) in [4.78, 5) is 0. The predicted molar refractivity (Wildman–Crippen MR) is 73.4 cm³/mol. The molecule has 0 spiro atoms. The van der Waals surface area contributed by atoms with Gasteiger partial charge in [-0.25, -0.2) is 0 Å². The SMILES string of the molecule is CC(C)c1cc(Cl)cc(C(C)C)c1OS(N)(=O)=O. The van der Waals surface area contributed by atoms with E-state index in [0.29, 0.717) is 10.8 Å². The third kappa shape index (κ3) is 3.86. The van der Waals surface area contributed by atoms with Gasteiger partial charge in [0.25, 0.3) is 0 Å². The average Bonchev–Trinajstić information content (AvgIpc) is 2.17. The average molecular weight is 292 g/mol. The lowest BCUT2D eigenvalue weighted by Gasteiger charge is -2.19. The lowest BCUT2D eigenvalue weighted by molar-refractivity contribution is 0.477. The summed E-state index contributed by atoms with van der Waals surface area (Å²) in [7, 11) is -4.05. The summed E-state index contributed by atoms with van der Waals surface area (Å²) in [6.45, 7) is 7.75. The van der Waals surface area contributed by atoms with Crippen LogP contribution in [0.5, 0.6) is 5.75 Å². The Balaban J connectivity index is 3.51. The molecule has 0 aliphatic carbocycles. The molecule has 0 fully saturated rings. The van der Waals surface area contributed by atoms with Crippen molar-refractivity contribution in [2.75, 3.05) is 0 Å². The van der Waals surface area contributed by atoms with Crippen LogP contribution in [-0.4, -0.2) is 8.42 Å². The lowest BCUT2D eigenvalue weighted by atomic mass is 9.94. The van der Waals surface area contributed by atoms with E-state index in [0.717, 1.165) is 11.1 Å². The summed E-state index contributed by atoms with van der Waals surface area (Å²) >= 11 is 6.05. The summed E-state index contributed by atoms with van der Waals surface area (Å²) < 4.78 is 27.2. The van der Waals surface area contributed by atoms with Crippen molar-refractivity contribution in [3.63, 3.8) is 0 Å². The molecule has 0 aromatic heterocycles. The molecule has 18 heavy (non-hydrogen) atoms. The molecule has 0 unspecified atom stereocenters. The van der Waals surface area contributed by atoms with Gasteiger partial charge in [0.1, 0.15) is 0 Å². The topological polar surface area (TPSA) is 69.4 Å². The Hall–Kier alpha value is -0.780. The van der Waals surface area contributed by atoms with Gasteiger partial charge in [0.05, 0.1) is 0 Å². The predicted octanol–water partition coefficient (Wildman–Crippen LogP) is 3.17. The minimum Gasteiger partial charge on any atom is -0.370 e. The van der Waals surface area contributed by atoms with Crippen molar-refractivity contribution in [2.24, 2.45) is 5.14 Å². The zero-order valence-electron chi connectivity index (χ0n) is 10.9. The van der Waals surface area contributed by atoms with Gasteiger partial charge >= 0.3 is 10.3 Å². The first-order valence-electron chi connectivity index (χ1n) is 5.67. The molecule has 0 bridgehead atoms. The second kappa shape index (κ2) is 5.47. The standard InChI is InChI=1S/C12H18ClNO3S/c1-7(2)10-5-9(13)6-11(8(3)4)12(10)17-18(14,15)16/h5-8H,1-4H3,(H2,14,15,16). The van der Waals surface area contributed by atoms with Crippen LogP contribution in [0.25, 0.3) is 0 Å². The number of hydrogen-bond acceptors (Lipinski definition) is 3. The number of hydrogen-bond donors (Lipinski definition) is 1. The molecule has 6 heteroatoms. The molecule has 0 radical (unpaired) electrons. The maximum atomic E-state index is 11.2. The smallest absolute Gasteiger partial charge is 0.370 e. The third-order valence-electron chi connectivity index (χ3n) is 2.55. The molecule has 0 saturated carbocycles. The van der Waals surface area contributed by atoms with Crippen LogP contribution in [0.2, 0.25) is 5.02 Å². The number of rotatable bonds is 4. The summed E-state index contributed by atoms with van der Waals surface area (Å²) in [5, 5.41) is 5.52. The van der Waals surface area contributed by atoms with Crippen molar-refractivity contribution in [2.45, 2.75) is 39.5 Å². The second-order valence-corrected chi connectivity index (χ2v) is 6.39. The Morgan fingerprint density at radius 3 is 1.78 bits per heavy atom. The molecule has 2 N–H and O–H groups in total. The maximum absolute atomic E-state index is 11.2. The van der Waals surface area contributed by atoms with Crippen molar-refractivity contribution in [1.29, 1.82) is 0 Å². The molecule has 4 nitrogen and oxygen atoms in total. The molecule has 0 heterocycles. The zero-order valence-corrected chi connectivity index (χ0v) is 12.5. The van der Waals surface area contributed by atoms with Gasteiger partial charge in [0.15, 0.2) is 5.75 Å². The zero-order chi connectivity index (χ0) is 14.1. The van der Waals surface area contributed by atoms with Gasteiger partial charge in [0.2, 0.25) is 0 Å². The largest absolute Gasteiger partial charge is 0.380 e. The van der Waals surface area contributed by atoms with Gasteiger partial charge in [-0.2, -0.15) is 13.6 Å². The molecule has 0 aliphatic rings. The second-order valence-electron chi connectivity index (χ2n) is 4.80. The molecule has 0 aliphatic heterocycles. The molecule has 1 rings (SSSR count). The fourth-order valence-corrected chi connectivity index (χ4v) is 2.37. The van der Waals surface area contributed by atoms with E-state index in [1.54, 1.807) is 12.1 Å². The fraction of sp³-hybridized carbons (Fsp3) is 0.500. The van der Waals surface area contributed by atoms with E-state index in [2.05, 4.69) is 0 Å². The van der Waals surface area contributed by atoms with Gasteiger partial charge < -0.3 is 4.18 Å². The van der Waals surface area contributed by atoms with Crippen LogP contribution in [0, 0.1) is 0 Å². The van der Waals surface area contributed by atoms with Gasteiger partial charge in [-0.05, 0) is 24.0 Å². The van der Waals surface area contributed by atoms with Crippen molar-refractivity contribution in [3.8, 4) is 5.75 Å². The minimum absolute atomic E-state index is 0.0814. The molecule has 1 aromatic carbocycles. The number of benzene rings is 1. The molecule has 0 saturated heterocycles. The molecular weight excluding hydrogens is 274 g/mol. The molecule has 102 valence electrons. The van der Waals surface area contributed by atoms with Crippen molar-refractivity contribution < 1.29 is 12.6 Å².